The van der Waals surface area contributed by atoms with Gasteiger partial charge < -0.3 is 20.9 Å². The lowest BCUT2D eigenvalue weighted by atomic mass is 10.1. The summed E-state index contributed by atoms with van der Waals surface area (Å²) < 4.78 is 9.93. The van der Waals surface area contributed by atoms with E-state index in [0.29, 0.717) is 11.4 Å². The third-order valence-corrected chi connectivity index (χ3v) is 3.20. The summed E-state index contributed by atoms with van der Waals surface area (Å²) in [6, 6.07) is 14.0. The molecular formula is C18H18N2O4. The largest absolute Gasteiger partial charge is 0.458 e. The van der Waals surface area contributed by atoms with Crippen molar-refractivity contribution in [2.24, 2.45) is 0 Å². The average Bonchev–Trinajstić information content (AvgIpc) is 2.59. The first kappa shape index (κ1) is 17.1. The summed E-state index contributed by atoms with van der Waals surface area (Å²) in [7, 11) is 0. The number of ether oxygens (including phenoxy) is 2. The Bertz CT molecular complexity index is 709. The van der Waals surface area contributed by atoms with Crippen molar-refractivity contribution in [3.05, 3.63) is 65.7 Å². The van der Waals surface area contributed by atoms with Crippen LogP contribution in [0.1, 0.15) is 11.1 Å². The van der Waals surface area contributed by atoms with E-state index in [4.69, 9.17) is 20.9 Å². The molecule has 0 saturated carbocycles. The summed E-state index contributed by atoms with van der Waals surface area (Å²) in [6.07, 6.45) is 1.98. The van der Waals surface area contributed by atoms with Crippen molar-refractivity contribution in [2.45, 2.75) is 12.7 Å². The average molecular weight is 326 g/mol. The van der Waals surface area contributed by atoms with Crippen molar-refractivity contribution >= 4 is 29.9 Å². The quantitative estimate of drug-likeness (QED) is 0.459. The molecule has 124 valence electrons. The smallest absolute Gasteiger partial charge is 0.351 e. The van der Waals surface area contributed by atoms with E-state index in [1.807, 2.05) is 0 Å². The van der Waals surface area contributed by atoms with Crippen molar-refractivity contribution in [1.82, 2.24) is 0 Å². The van der Waals surface area contributed by atoms with E-state index in [-0.39, 0.29) is 13.1 Å². The van der Waals surface area contributed by atoms with Crippen LogP contribution >= 0.6 is 0 Å². The second-order valence-electron chi connectivity index (χ2n) is 5.03. The number of rotatable bonds is 7. The van der Waals surface area contributed by atoms with Gasteiger partial charge in [0.05, 0.1) is 0 Å². The van der Waals surface area contributed by atoms with Gasteiger partial charge in [0.2, 0.25) is 6.10 Å². The number of nitrogen functional groups attached to an aromatic ring is 2. The maximum absolute atomic E-state index is 12.0. The lowest BCUT2D eigenvalue weighted by Gasteiger charge is -2.11. The molecule has 0 aromatic heterocycles. The zero-order valence-corrected chi connectivity index (χ0v) is 12.9. The zero-order valence-electron chi connectivity index (χ0n) is 12.9. The number of hydrogen-bond donors (Lipinski definition) is 2. The van der Waals surface area contributed by atoms with Crippen LogP contribution in [0.3, 0.4) is 0 Å². The van der Waals surface area contributed by atoms with Gasteiger partial charge in [0.1, 0.15) is 6.61 Å². The van der Waals surface area contributed by atoms with E-state index in [0.717, 1.165) is 11.1 Å². The van der Waals surface area contributed by atoms with Crippen LogP contribution in [-0.4, -0.2) is 18.5 Å². The molecule has 0 bridgehead atoms. The number of hydrogen-bond acceptors (Lipinski definition) is 6. The second kappa shape index (κ2) is 8.38. The maximum atomic E-state index is 12.0. The van der Waals surface area contributed by atoms with Gasteiger partial charge in [0.25, 0.3) is 6.47 Å². The molecule has 0 heterocycles. The first-order valence-corrected chi connectivity index (χ1v) is 7.22. The Balaban J connectivity index is 1.97. The van der Waals surface area contributed by atoms with Crippen molar-refractivity contribution in [3.8, 4) is 0 Å². The minimum Gasteiger partial charge on any atom is -0.458 e. The van der Waals surface area contributed by atoms with Crippen molar-refractivity contribution in [3.63, 3.8) is 0 Å². The van der Waals surface area contributed by atoms with E-state index in [2.05, 4.69) is 0 Å². The summed E-state index contributed by atoms with van der Waals surface area (Å²) >= 11 is 0. The molecule has 0 spiro atoms. The Hall–Kier alpha value is -3.28. The number of carbonyl (C=O) groups excluding carboxylic acids is 2. The van der Waals surface area contributed by atoms with Gasteiger partial charge in [-0.3, -0.25) is 4.79 Å². The third-order valence-electron chi connectivity index (χ3n) is 3.20. The molecular weight excluding hydrogens is 308 g/mol. The van der Waals surface area contributed by atoms with Crippen molar-refractivity contribution in [1.29, 1.82) is 0 Å². The molecule has 2 aromatic carbocycles. The van der Waals surface area contributed by atoms with Crippen LogP contribution in [0.4, 0.5) is 11.4 Å². The highest BCUT2D eigenvalue weighted by Gasteiger charge is 2.18. The van der Waals surface area contributed by atoms with Crippen LogP contribution in [0.5, 0.6) is 0 Å². The van der Waals surface area contributed by atoms with Gasteiger partial charge >= 0.3 is 5.97 Å². The number of nitrogens with two attached hydrogens (primary N) is 2. The van der Waals surface area contributed by atoms with Gasteiger partial charge in [-0.05, 0) is 41.5 Å². The molecule has 0 amide bonds. The van der Waals surface area contributed by atoms with Gasteiger partial charge in [-0.25, -0.2) is 4.79 Å². The summed E-state index contributed by atoms with van der Waals surface area (Å²) in [6.45, 7) is 0.274. The predicted molar refractivity (Wildman–Crippen MR) is 91.5 cm³/mol. The third kappa shape index (κ3) is 5.17. The standard InChI is InChI=1S/C18H18N2O4/c19-15-6-1-13(2-7-15)5-10-17(24-12-21)18(22)23-11-14-3-8-16(20)9-4-14/h1-10,12,17H,11,19-20H2/b10-5+. The Morgan fingerprint density at radius 3 is 2.17 bits per heavy atom. The molecule has 2 aromatic rings. The molecule has 1 unspecified atom stereocenters. The van der Waals surface area contributed by atoms with E-state index in [1.54, 1.807) is 54.6 Å². The Labute approximate surface area is 139 Å². The van der Waals surface area contributed by atoms with Crippen LogP contribution in [0.15, 0.2) is 54.6 Å². The molecule has 1 atom stereocenters. The fourth-order valence-corrected chi connectivity index (χ4v) is 1.90. The molecule has 0 aliphatic rings. The molecule has 2 rings (SSSR count). The van der Waals surface area contributed by atoms with Gasteiger partial charge in [0.15, 0.2) is 0 Å². The fourth-order valence-electron chi connectivity index (χ4n) is 1.90. The molecule has 0 fully saturated rings. The normalized spacial score (nSPS) is 11.8. The van der Waals surface area contributed by atoms with Crippen LogP contribution in [0, 0.1) is 0 Å². The van der Waals surface area contributed by atoms with Crippen LogP contribution in [0.2, 0.25) is 0 Å². The molecule has 6 heteroatoms. The van der Waals surface area contributed by atoms with Crippen molar-refractivity contribution < 1.29 is 19.1 Å². The topological polar surface area (TPSA) is 105 Å². The zero-order chi connectivity index (χ0) is 17.4. The van der Waals surface area contributed by atoms with Crippen LogP contribution in [0.25, 0.3) is 6.08 Å². The van der Waals surface area contributed by atoms with Gasteiger partial charge in [-0.15, -0.1) is 0 Å². The summed E-state index contributed by atoms with van der Waals surface area (Å²) in [5.41, 5.74) is 14.1. The minimum atomic E-state index is -1.12. The highest BCUT2D eigenvalue weighted by Crippen LogP contribution is 2.10. The number of benzene rings is 2. The van der Waals surface area contributed by atoms with Crippen molar-refractivity contribution in [2.75, 3.05) is 11.5 Å². The monoisotopic (exact) mass is 326 g/mol. The first-order chi connectivity index (χ1) is 11.6. The molecule has 0 radical (unpaired) electrons. The van der Waals surface area contributed by atoms with Crippen LogP contribution < -0.4 is 11.5 Å². The summed E-state index contributed by atoms with van der Waals surface area (Å²) in [5, 5.41) is 0. The first-order valence-electron chi connectivity index (χ1n) is 7.22. The van der Waals surface area contributed by atoms with Gasteiger partial charge in [-0.1, -0.05) is 30.3 Å². The molecule has 0 aliphatic heterocycles. The Morgan fingerprint density at radius 1 is 1.00 bits per heavy atom. The molecule has 24 heavy (non-hydrogen) atoms. The number of carbonyl (C=O) groups is 2. The number of esters is 1. The second-order valence-corrected chi connectivity index (χ2v) is 5.03. The molecule has 4 N–H and O–H groups in total. The van der Waals surface area contributed by atoms with E-state index in [9.17, 15) is 9.59 Å². The predicted octanol–water partition coefficient (Wildman–Crippen LogP) is 2.15. The lowest BCUT2D eigenvalue weighted by molar-refractivity contribution is -0.159. The lowest BCUT2D eigenvalue weighted by Crippen LogP contribution is -2.24. The van der Waals surface area contributed by atoms with E-state index >= 15 is 0 Å². The fraction of sp³-hybridized carbons (Fsp3) is 0.111. The van der Waals surface area contributed by atoms with Gasteiger partial charge in [-0.2, -0.15) is 0 Å². The molecule has 6 nitrogen and oxygen atoms in total. The number of anilines is 2. The summed E-state index contributed by atoms with van der Waals surface area (Å²) in [5.74, 6) is -0.661. The molecule has 0 aliphatic carbocycles. The van der Waals surface area contributed by atoms with E-state index in [1.165, 1.54) is 6.08 Å². The highest BCUT2D eigenvalue weighted by molar-refractivity contribution is 5.79. The summed E-state index contributed by atoms with van der Waals surface area (Å²) in [4.78, 5) is 22.6. The van der Waals surface area contributed by atoms with Gasteiger partial charge in [0, 0.05) is 11.4 Å². The maximum Gasteiger partial charge on any atom is 0.351 e. The Kier molecular flexibility index (Phi) is 5.96. The SMILES string of the molecule is Nc1ccc(/C=C/C(OC=O)C(=O)OCc2ccc(N)cc2)cc1. The Morgan fingerprint density at radius 2 is 1.58 bits per heavy atom. The van der Waals surface area contributed by atoms with E-state index < -0.39 is 12.1 Å². The minimum absolute atomic E-state index is 0.0630. The van der Waals surface area contributed by atoms with Crippen LogP contribution in [-0.2, 0) is 25.7 Å². The molecule has 0 saturated heterocycles. The highest BCUT2D eigenvalue weighted by atomic mass is 16.6.